The Kier molecular flexibility index (Phi) is 5.52. The van der Waals surface area contributed by atoms with Crippen molar-refractivity contribution in [2.24, 2.45) is 0 Å². The standard InChI is InChI=1S/C23H18ClF2N5O3/c1-33-22-27-10-14(11-28-22)18-8-13(9-19-20(18)31(12-29-19)16-4-5-16)21(32)30-15-2-6-17(7-3-15)34-23(24,25)26/h2-3,6-12,16H,4-5H2,1H3,(H,30,32). The third-order valence-corrected chi connectivity index (χ3v) is 5.42. The largest absolute Gasteiger partial charge is 0.487 e. The molecule has 0 radical (unpaired) electrons. The van der Waals surface area contributed by atoms with Crippen LogP contribution >= 0.6 is 11.6 Å². The van der Waals surface area contributed by atoms with E-state index in [4.69, 9.17) is 16.3 Å². The highest BCUT2D eigenvalue weighted by atomic mass is 35.5. The Morgan fingerprint density at radius 3 is 2.47 bits per heavy atom. The van der Waals surface area contributed by atoms with Crippen LogP contribution in [0.3, 0.4) is 0 Å². The van der Waals surface area contributed by atoms with E-state index in [-0.39, 0.29) is 11.8 Å². The number of anilines is 1. The number of alkyl halides is 3. The molecule has 1 aliphatic rings. The summed E-state index contributed by atoms with van der Waals surface area (Å²) >= 11 is 4.78. The van der Waals surface area contributed by atoms with Gasteiger partial charge in [0.2, 0.25) is 0 Å². The van der Waals surface area contributed by atoms with E-state index in [2.05, 4.69) is 29.6 Å². The number of carbonyl (C=O) groups excluding carboxylic acids is 1. The van der Waals surface area contributed by atoms with Gasteiger partial charge < -0.3 is 19.4 Å². The molecular formula is C23H18ClF2N5O3. The SMILES string of the molecule is COc1ncc(-c2cc(C(=O)Nc3ccc(OC(F)(F)Cl)cc3)cc3ncn(C4CC4)c23)cn1. The van der Waals surface area contributed by atoms with Crippen molar-refractivity contribution in [2.45, 2.75) is 24.5 Å². The van der Waals surface area contributed by atoms with Gasteiger partial charge in [0.05, 0.1) is 24.5 Å². The lowest BCUT2D eigenvalue weighted by Crippen LogP contribution is -2.16. The van der Waals surface area contributed by atoms with Crippen molar-refractivity contribution in [2.75, 3.05) is 12.4 Å². The molecule has 0 unspecified atom stereocenters. The number of benzene rings is 2. The van der Waals surface area contributed by atoms with Gasteiger partial charge >= 0.3 is 11.6 Å². The van der Waals surface area contributed by atoms with Crippen LogP contribution in [0.1, 0.15) is 29.2 Å². The summed E-state index contributed by atoms with van der Waals surface area (Å²) in [6.45, 7) is 0. The maximum atomic E-state index is 13.0. The fourth-order valence-electron chi connectivity index (χ4n) is 3.66. The summed E-state index contributed by atoms with van der Waals surface area (Å²) < 4.78 is 37.0. The molecule has 11 heteroatoms. The number of nitrogens with zero attached hydrogens (tertiary/aromatic N) is 4. The molecule has 0 atom stereocenters. The zero-order valence-electron chi connectivity index (χ0n) is 17.8. The molecule has 5 rings (SSSR count). The third kappa shape index (κ3) is 4.62. The van der Waals surface area contributed by atoms with E-state index in [1.165, 1.54) is 31.4 Å². The summed E-state index contributed by atoms with van der Waals surface area (Å²) in [5.41, 5.74) is -0.00453. The number of amides is 1. The number of rotatable bonds is 7. The molecule has 2 heterocycles. The first kappa shape index (κ1) is 22.0. The van der Waals surface area contributed by atoms with Crippen LogP contribution in [0, 0.1) is 0 Å². The molecule has 1 amide bonds. The van der Waals surface area contributed by atoms with E-state index in [9.17, 15) is 13.6 Å². The van der Waals surface area contributed by atoms with Crippen molar-refractivity contribution in [1.29, 1.82) is 0 Å². The number of carbonyl (C=O) groups is 1. The predicted octanol–water partition coefficient (Wildman–Crippen LogP) is 5.26. The maximum absolute atomic E-state index is 13.0. The minimum Gasteiger partial charge on any atom is -0.467 e. The van der Waals surface area contributed by atoms with Crippen LogP contribution < -0.4 is 14.8 Å². The zero-order valence-corrected chi connectivity index (χ0v) is 18.6. The summed E-state index contributed by atoms with van der Waals surface area (Å²) in [6.07, 6.45) is 7.20. The Balaban J connectivity index is 1.48. The third-order valence-electron chi connectivity index (χ3n) is 5.34. The van der Waals surface area contributed by atoms with Gasteiger partial charge in [-0.15, -0.1) is 8.78 Å². The van der Waals surface area contributed by atoms with Crippen LogP contribution in [0.2, 0.25) is 0 Å². The number of hydrogen-bond acceptors (Lipinski definition) is 6. The van der Waals surface area contributed by atoms with E-state index in [0.717, 1.165) is 23.9 Å². The summed E-state index contributed by atoms with van der Waals surface area (Å²) in [6, 6.07) is 9.53. The van der Waals surface area contributed by atoms with Crippen molar-refractivity contribution < 1.29 is 23.0 Å². The van der Waals surface area contributed by atoms with Gasteiger partial charge in [0.1, 0.15) is 5.75 Å². The first-order chi connectivity index (χ1) is 16.3. The van der Waals surface area contributed by atoms with Crippen molar-refractivity contribution in [3.05, 3.63) is 60.7 Å². The fourth-order valence-corrected chi connectivity index (χ4v) is 3.74. The smallest absolute Gasteiger partial charge is 0.467 e. The normalized spacial score (nSPS) is 13.6. The molecule has 34 heavy (non-hydrogen) atoms. The first-order valence-electron chi connectivity index (χ1n) is 10.3. The highest BCUT2D eigenvalue weighted by molar-refractivity contribution is 6.20. The predicted molar refractivity (Wildman–Crippen MR) is 121 cm³/mol. The Labute approximate surface area is 197 Å². The van der Waals surface area contributed by atoms with Crippen LogP contribution in [0.25, 0.3) is 22.2 Å². The number of fused-ring (bicyclic) bond motifs is 1. The summed E-state index contributed by atoms with van der Waals surface area (Å²) in [5, 5.41) is 2.75. The Morgan fingerprint density at radius 1 is 1.15 bits per heavy atom. The van der Waals surface area contributed by atoms with E-state index in [1.54, 1.807) is 30.9 Å². The number of halogens is 3. The van der Waals surface area contributed by atoms with E-state index >= 15 is 0 Å². The number of aromatic nitrogens is 4. The van der Waals surface area contributed by atoms with Gasteiger partial charge in [-0.2, -0.15) is 0 Å². The molecule has 1 N–H and O–H groups in total. The van der Waals surface area contributed by atoms with Gasteiger partial charge in [-0.25, -0.2) is 15.0 Å². The number of methoxy groups -OCH3 is 1. The average molecular weight is 486 g/mol. The molecule has 1 aliphatic carbocycles. The summed E-state index contributed by atoms with van der Waals surface area (Å²) in [7, 11) is 1.49. The first-order valence-corrected chi connectivity index (χ1v) is 10.7. The van der Waals surface area contributed by atoms with Gasteiger partial charge in [0, 0.05) is 52.4 Å². The highest BCUT2D eigenvalue weighted by Crippen LogP contribution is 2.40. The quantitative estimate of drug-likeness (QED) is 0.359. The minimum atomic E-state index is -3.81. The molecule has 1 saturated carbocycles. The molecule has 2 aromatic heterocycles. The minimum absolute atomic E-state index is 0.133. The topological polar surface area (TPSA) is 91.2 Å². The number of hydrogen-bond donors (Lipinski definition) is 1. The number of nitrogens with one attached hydrogen (secondary N) is 1. The molecule has 8 nitrogen and oxygen atoms in total. The summed E-state index contributed by atoms with van der Waals surface area (Å²) in [4.78, 5) is 25.9. The zero-order chi connectivity index (χ0) is 23.9. The lowest BCUT2D eigenvalue weighted by molar-refractivity contribution is -0.0964. The van der Waals surface area contributed by atoms with Gasteiger partial charge in [-0.05, 0) is 49.2 Å². The molecule has 0 spiro atoms. The molecule has 1 fully saturated rings. The number of imidazole rings is 1. The lowest BCUT2D eigenvalue weighted by atomic mass is 10.0. The van der Waals surface area contributed by atoms with E-state index in [0.29, 0.717) is 28.4 Å². The molecule has 0 aliphatic heterocycles. The second-order valence-corrected chi connectivity index (χ2v) is 8.20. The maximum Gasteiger partial charge on any atom is 0.487 e. The van der Waals surface area contributed by atoms with Crippen LogP contribution in [0.4, 0.5) is 14.5 Å². The molecule has 4 aromatic rings. The van der Waals surface area contributed by atoms with Crippen molar-refractivity contribution >= 4 is 34.2 Å². The van der Waals surface area contributed by atoms with Crippen LogP contribution in [0.5, 0.6) is 11.8 Å². The second kappa shape index (κ2) is 8.53. The van der Waals surface area contributed by atoms with Gasteiger partial charge in [-0.3, -0.25) is 4.79 Å². The monoisotopic (exact) mass is 485 g/mol. The van der Waals surface area contributed by atoms with Crippen molar-refractivity contribution in [1.82, 2.24) is 19.5 Å². The Bertz CT molecular complexity index is 1350. The van der Waals surface area contributed by atoms with Crippen molar-refractivity contribution in [3.8, 4) is 22.9 Å². The van der Waals surface area contributed by atoms with Crippen LogP contribution in [0.15, 0.2) is 55.1 Å². The number of ether oxygens (including phenoxy) is 2. The Hall–Kier alpha value is -3.79. The van der Waals surface area contributed by atoms with E-state index in [1.807, 2.05) is 0 Å². The molecule has 2 aromatic carbocycles. The molecule has 174 valence electrons. The van der Waals surface area contributed by atoms with Crippen LogP contribution in [-0.4, -0.2) is 38.1 Å². The fraction of sp³-hybridized carbons (Fsp3) is 0.217. The summed E-state index contributed by atoms with van der Waals surface area (Å²) in [5.74, 6) is -0.526. The lowest BCUT2D eigenvalue weighted by Gasteiger charge is -2.12. The van der Waals surface area contributed by atoms with E-state index < -0.39 is 11.5 Å². The van der Waals surface area contributed by atoms with Gasteiger partial charge in [-0.1, -0.05) is 0 Å². The van der Waals surface area contributed by atoms with Gasteiger partial charge in [0.15, 0.2) is 0 Å². The van der Waals surface area contributed by atoms with Crippen LogP contribution in [-0.2, 0) is 0 Å². The Morgan fingerprint density at radius 2 is 1.85 bits per heavy atom. The average Bonchev–Trinajstić information content (AvgIpc) is 3.57. The van der Waals surface area contributed by atoms with Gasteiger partial charge in [0.25, 0.3) is 5.91 Å². The molecule has 0 bridgehead atoms. The molecule has 0 saturated heterocycles. The van der Waals surface area contributed by atoms with Crippen molar-refractivity contribution in [3.63, 3.8) is 0 Å². The second-order valence-electron chi connectivity index (χ2n) is 7.76. The highest BCUT2D eigenvalue weighted by Gasteiger charge is 2.28. The molecular weight excluding hydrogens is 468 g/mol.